The lowest BCUT2D eigenvalue weighted by Gasteiger charge is -2.26. The minimum Gasteiger partial charge on any atom is -0.349 e. The molecular weight excluding hydrogens is 414 g/mol. The zero-order chi connectivity index (χ0) is 19.7. The third-order valence-electron chi connectivity index (χ3n) is 4.80. The van der Waals surface area contributed by atoms with Crippen LogP contribution in [0.25, 0.3) is 10.9 Å². The Morgan fingerprint density at radius 1 is 1.32 bits per heavy atom. The van der Waals surface area contributed by atoms with E-state index in [1.807, 2.05) is 30.3 Å². The highest BCUT2D eigenvalue weighted by Crippen LogP contribution is 2.37. The van der Waals surface area contributed by atoms with Gasteiger partial charge in [0.05, 0.1) is 16.9 Å². The van der Waals surface area contributed by atoms with E-state index in [1.54, 1.807) is 23.9 Å². The quantitative estimate of drug-likeness (QED) is 0.598. The molecule has 0 aliphatic carbocycles. The van der Waals surface area contributed by atoms with Crippen LogP contribution in [0.3, 0.4) is 0 Å². The molecule has 1 aliphatic heterocycles. The van der Waals surface area contributed by atoms with Crippen molar-refractivity contribution in [2.75, 3.05) is 5.75 Å². The lowest BCUT2D eigenvalue weighted by molar-refractivity contribution is -0.122. The number of halogens is 1. The maximum absolute atomic E-state index is 12.7. The van der Waals surface area contributed by atoms with Crippen molar-refractivity contribution in [3.63, 3.8) is 0 Å². The molecule has 144 valence electrons. The van der Waals surface area contributed by atoms with Gasteiger partial charge in [0.25, 0.3) is 5.56 Å². The van der Waals surface area contributed by atoms with Crippen LogP contribution in [0, 0.1) is 4.77 Å². The molecule has 3 aromatic rings. The predicted octanol–water partition coefficient (Wildman–Crippen LogP) is 4.46. The molecule has 1 aromatic heterocycles. The summed E-state index contributed by atoms with van der Waals surface area (Å²) in [5, 5.41) is 4.30. The third-order valence-corrected chi connectivity index (χ3v) is 6.48. The molecule has 0 saturated heterocycles. The van der Waals surface area contributed by atoms with Gasteiger partial charge in [-0.2, -0.15) is 0 Å². The average Bonchev–Trinajstić information content (AvgIpc) is 2.68. The summed E-state index contributed by atoms with van der Waals surface area (Å²) in [6.45, 7) is 0.231. The fourth-order valence-corrected chi connectivity index (χ4v) is 4.97. The average molecular weight is 432 g/mol. The molecule has 4 rings (SSSR count). The standard InChI is InChI=1S/C20H18ClN3O2S2/c21-12-5-6-17-14(11-12)16(8-10-28-17)22-18(25)7-9-24-19(26)13-3-1-2-4-15(13)23-20(24)27/h1-6,11,16H,7-10H2,(H,22,25)(H,23,27). The van der Waals surface area contributed by atoms with Crippen LogP contribution in [0.15, 0.2) is 52.2 Å². The summed E-state index contributed by atoms with van der Waals surface area (Å²) in [5.41, 5.74) is 1.57. The van der Waals surface area contributed by atoms with Gasteiger partial charge in [-0.1, -0.05) is 23.7 Å². The SMILES string of the molecule is O=C(CCn1c(=S)[nH]c2ccccc2c1=O)NC1CCSc2ccc(Cl)cc21. The highest BCUT2D eigenvalue weighted by molar-refractivity contribution is 7.99. The maximum Gasteiger partial charge on any atom is 0.262 e. The van der Waals surface area contributed by atoms with Gasteiger partial charge in [-0.25, -0.2) is 0 Å². The molecule has 1 unspecified atom stereocenters. The minimum absolute atomic E-state index is 0.0645. The van der Waals surface area contributed by atoms with Gasteiger partial charge in [-0.3, -0.25) is 14.2 Å². The topological polar surface area (TPSA) is 66.9 Å². The molecule has 0 bridgehead atoms. The molecule has 0 radical (unpaired) electrons. The molecule has 2 N–H and O–H groups in total. The van der Waals surface area contributed by atoms with E-state index in [0.717, 1.165) is 22.6 Å². The predicted molar refractivity (Wildman–Crippen MR) is 116 cm³/mol. The van der Waals surface area contributed by atoms with Gasteiger partial charge in [0.15, 0.2) is 4.77 Å². The number of rotatable bonds is 4. The van der Waals surface area contributed by atoms with Gasteiger partial charge in [0, 0.05) is 28.6 Å². The Kier molecular flexibility index (Phi) is 5.57. The molecule has 2 heterocycles. The first-order chi connectivity index (χ1) is 13.5. The van der Waals surface area contributed by atoms with E-state index in [9.17, 15) is 9.59 Å². The van der Waals surface area contributed by atoms with Crippen molar-refractivity contribution >= 4 is 52.4 Å². The van der Waals surface area contributed by atoms with Crippen molar-refractivity contribution in [2.24, 2.45) is 0 Å². The molecule has 1 aliphatic rings. The Balaban J connectivity index is 1.49. The number of para-hydroxylation sites is 1. The van der Waals surface area contributed by atoms with Gasteiger partial charge in [-0.15, -0.1) is 11.8 Å². The largest absolute Gasteiger partial charge is 0.349 e. The fourth-order valence-electron chi connectivity index (χ4n) is 3.40. The van der Waals surface area contributed by atoms with Crippen molar-refractivity contribution in [3.05, 3.63) is 68.2 Å². The molecule has 28 heavy (non-hydrogen) atoms. The second-order valence-electron chi connectivity index (χ2n) is 6.62. The second kappa shape index (κ2) is 8.11. The van der Waals surface area contributed by atoms with Gasteiger partial charge in [0.1, 0.15) is 0 Å². The molecule has 5 nitrogen and oxygen atoms in total. The van der Waals surface area contributed by atoms with Gasteiger partial charge in [0.2, 0.25) is 5.91 Å². The first-order valence-electron chi connectivity index (χ1n) is 8.96. The third kappa shape index (κ3) is 3.87. The van der Waals surface area contributed by atoms with Crippen LogP contribution in [-0.2, 0) is 11.3 Å². The Morgan fingerprint density at radius 3 is 3.00 bits per heavy atom. The molecular formula is C20H18ClN3O2S2. The van der Waals surface area contributed by atoms with Crippen LogP contribution in [0.2, 0.25) is 5.02 Å². The Bertz CT molecular complexity index is 1170. The lowest BCUT2D eigenvalue weighted by Crippen LogP contribution is -2.32. The summed E-state index contributed by atoms with van der Waals surface area (Å²) >= 11 is 13.2. The number of nitrogens with one attached hydrogen (secondary N) is 2. The number of nitrogens with zero attached hydrogens (tertiary/aromatic N) is 1. The van der Waals surface area contributed by atoms with Crippen molar-refractivity contribution < 1.29 is 4.79 Å². The highest BCUT2D eigenvalue weighted by atomic mass is 35.5. The number of hydrogen-bond donors (Lipinski definition) is 2. The first kappa shape index (κ1) is 19.2. The Morgan fingerprint density at radius 2 is 2.14 bits per heavy atom. The number of fused-ring (bicyclic) bond motifs is 2. The summed E-state index contributed by atoms with van der Waals surface area (Å²) in [6, 6.07) is 12.9. The summed E-state index contributed by atoms with van der Waals surface area (Å²) in [7, 11) is 0. The number of carbonyl (C=O) groups is 1. The summed E-state index contributed by atoms with van der Waals surface area (Å²) in [5.74, 6) is 0.826. The molecule has 2 aromatic carbocycles. The van der Waals surface area contributed by atoms with Crippen LogP contribution >= 0.6 is 35.6 Å². The van der Waals surface area contributed by atoms with E-state index >= 15 is 0 Å². The first-order valence-corrected chi connectivity index (χ1v) is 10.7. The Labute approximate surface area is 176 Å². The number of thioether (sulfide) groups is 1. The zero-order valence-corrected chi connectivity index (χ0v) is 17.3. The van der Waals surface area contributed by atoms with Crippen molar-refractivity contribution in [3.8, 4) is 0 Å². The summed E-state index contributed by atoms with van der Waals surface area (Å²) in [6.07, 6.45) is 1.02. The van der Waals surface area contributed by atoms with Gasteiger partial charge in [-0.05, 0) is 54.5 Å². The fraction of sp³-hybridized carbons (Fsp3) is 0.250. The van der Waals surface area contributed by atoms with Crippen LogP contribution in [0.4, 0.5) is 0 Å². The van der Waals surface area contributed by atoms with E-state index < -0.39 is 0 Å². The number of hydrogen-bond acceptors (Lipinski definition) is 4. The molecule has 8 heteroatoms. The van der Waals surface area contributed by atoms with Crippen molar-refractivity contribution in [2.45, 2.75) is 30.3 Å². The van der Waals surface area contributed by atoms with Crippen LogP contribution in [0.1, 0.15) is 24.4 Å². The minimum atomic E-state index is -0.182. The van der Waals surface area contributed by atoms with Crippen LogP contribution < -0.4 is 10.9 Å². The number of benzene rings is 2. The zero-order valence-electron chi connectivity index (χ0n) is 14.9. The van der Waals surface area contributed by atoms with E-state index in [4.69, 9.17) is 23.8 Å². The summed E-state index contributed by atoms with van der Waals surface area (Å²) in [4.78, 5) is 29.4. The van der Waals surface area contributed by atoms with Crippen LogP contribution in [-0.4, -0.2) is 21.2 Å². The molecule has 0 saturated carbocycles. The highest BCUT2D eigenvalue weighted by Gasteiger charge is 2.22. The van der Waals surface area contributed by atoms with Crippen molar-refractivity contribution in [1.29, 1.82) is 0 Å². The van der Waals surface area contributed by atoms with E-state index in [0.29, 0.717) is 20.7 Å². The maximum atomic E-state index is 12.7. The van der Waals surface area contributed by atoms with E-state index in [2.05, 4.69) is 10.3 Å². The van der Waals surface area contributed by atoms with E-state index in [1.165, 1.54) is 4.57 Å². The molecule has 0 fully saturated rings. The number of amides is 1. The summed E-state index contributed by atoms with van der Waals surface area (Å²) < 4.78 is 1.77. The lowest BCUT2D eigenvalue weighted by atomic mass is 10.0. The Hall–Kier alpha value is -2.09. The molecule has 0 spiro atoms. The van der Waals surface area contributed by atoms with Crippen LogP contribution in [0.5, 0.6) is 0 Å². The van der Waals surface area contributed by atoms with Gasteiger partial charge < -0.3 is 10.3 Å². The second-order valence-corrected chi connectivity index (χ2v) is 8.58. The number of aromatic nitrogens is 2. The number of H-pyrrole nitrogens is 1. The number of carbonyl (C=O) groups excluding carboxylic acids is 1. The van der Waals surface area contributed by atoms with Crippen molar-refractivity contribution in [1.82, 2.24) is 14.9 Å². The van der Waals surface area contributed by atoms with E-state index in [-0.39, 0.29) is 30.5 Å². The molecule has 1 atom stereocenters. The normalized spacial score (nSPS) is 16.0. The monoisotopic (exact) mass is 431 g/mol. The van der Waals surface area contributed by atoms with Gasteiger partial charge >= 0.3 is 0 Å². The molecule has 1 amide bonds. The number of aromatic amines is 1. The smallest absolute Gasteiger partial charge is 0.262 e.